The van der Waals surface area contributed by atoms with Gasteiger partial charge in [-0.25, -0.2) is 4.99 Å². The second kappa shape index (κ2) is 3.85. The normalized spacial score (nSPS) is 25.4. The first-order valence-corrected chi connectivity index (χ1v) is 3.21. The maximum Gasteiger partial charge on any atom is 0.0896 e. The third-order valence-corrected chi connectivity index (χ3v) is 1.12. The first kappa shape index (κ1) is 7.02. The van der Waals surface area contributed by atoms with E-state index in [4.69, 9.17) is 0 Å². The van der Waals surface area contributed by atoms with Crippen molar-refractivity contribution < 1.29 is 0 Å². The molecule has 0 saturated carbocycles. The van der Waals surface area contributed by atoms with Gasteiger partial charge in [-0.15, -0.1) is 0 Å². The Morgan fingerprint density at radius 3 is 3.40 bits per heavy atom. The molecule has 0 aromatic rings. The van der Waals surface area contributed by atoms with Gasteiger partial charge in [0.05, 0.1) is 18.7 Å². The highest BCUT2D eigenvalue weighted by molar-refractivity contribution is 5.56. The SMILES string of the molecule is C=C1/C=C\CNCN/C=N\1. The topological polar surface area (TPSA) is 36.4 Å². The number of rotatable bonds is 0. The van der Waals surface area contributed by atoms with Crippen LogP contribution >= 0.6 is 0 Å². The Balaban J connectivity index is 2.51. The van der Waals surface area contributed by atoms with Crippen molar-refractivity contribution >= 4 is 6.34 Å². The van der Waals surface area contributed by atoms with E-state index in [0.29, 0.717) is 0 Å². The Bertz CT molecular complexity index is 152. The van der Waals surface area contributed by atoms with Crippen LogP contribution in [0.5, 0.6) is 0 Å². The quantitative estimate of drug-likeness (QED) is 0.501. The Kier molecular flexibility index (Phi) is 2.70. The minimum Gasteiger partial charge on any atom is -0.364 e. The summed E-state index contributed by atoms with van der Waals surface area (Å²) in [6.45, 7) is 5.31. The van der Waals surface area contributed by atoms with Crippen LogP contribution in [0.25, 0.3) is 0 Å². The van der Waals surface area contributed by atoms with E-state index in [2.05, 4.69) is 22.2 Å². The van der Waals surface area contributed by atoms with E-state index in [1.807, 2.05) is 12.2 Å². The summed E-state index contributed by atoms with van der Waals surface area (Å²) in [4.78, 5) is 3.99. The van der Waals surface area contributed by atoms with E-state index < -0.39 is 0 Å². The summed E-state index contributed by atoms with van der Waals surface area (Å²) in [6, 6.07) is 0. The van der Waals surface area contributed by atoms with Gasteiger partial charge in [0.15, 0.2) is 0 Å². The summed E-state index contributed by atoms with van der Waals surface area (Å²) in [5.41, 5.74) is 0.774. The van der Waals surface area contributed by atoms with Crippen molar-refractivity contribution in [1.82, 2.24) is 10.6 Å². The third kappa shape index (κ3) is 2.46. The summed E-state index contributed by atoms with van der Waals surface area (Å²) >= 11 is 0. The molecule has 10 heavy (non-hydrogen) atoms. The second-order valence-electron chi connectivity index (χ2n) is 1.99. The smallest absolute Gasteiger partial charge is 0.0896 e. The molecule has 0 amide bonds. The number of allylic oxidation sites excluding steroid dienone is 1. The fraction of sp³-hybridized carbons (Fsp3) is 0.286. The van der Waals surface area contributed by atoms with Gasteiger partial charge in [-0.2, -0.15) is 0 Å². The summed E-state index contributed by atoms with van der Waals surface area (Å²) in [5.74, 6) is 0. The van der Waals surface area contributed by atoms with E-state index in [1.165, 1.54) is 0 Å². The first-order chi connectivity index (χ1) is 4.89. The van der Waals surface area contributed by atoms with Crippen LogP contribution in [0.2, 0.25) is 0 Å². The lowest BCUT2D eigenvalue weighted by atomic mass is 10.4. The lowest BCUT2D eigenvalue weighted by molar-refractivity contribution is 0.726. The van der Waals surface area contributed by atoms with Gasteiger partial charge in [-0.1, -0.05) is 12.7 Å². The van der Waals surface area contributed by atoms with Gasteiger partial charge in [0.1, 0.15) is 0 Å². The van der Waals surface area contributed by atoms with Crippen LogP contribution in [0.1, 0.15) is 0 Å². The molecule has 0 saturated heterocycles. The fourth-order valence-corrected chi connectivity index (χ4v) is 0.640. The fourth-order valence-electron chi connectivity index (χ4n) is 0.640. The third-order valence-electron chi connectivity index (χ3n) is 1.12. The molecule has 1 rings (SSSR count). The molecule has 0 fully saturated rings. The zero-order valence-electron chi connectivity index (χ0n) is 5.80. The average molecular weight is 137 g/mol. The zero-order valence-corrected chi connectivity index (χ0v) is 5.80. The Labute approximate surface area is 60.5 Å². The van der Waals surface area contributed by atoms with Gasteiger partial charge >= 0.3 is 0 Å². The minimum absolute atomic E-state index is 0.751. The average Bonchev–Trinajstić information content (AvgIpc) is 2.02. The monoisotopic (exact) mass is 137 g/mol. The molecule has 1 heterocycles. The summed E-state index contributed by atoms with van der Waals surface area (Å²) in [5, 5.41) is 6.07. The van der Waals surface area contributed by atoms with Gasteiger partial charge in [0.25, 0.3) is 0 Å². The van der Waals surface area contributed by atoms with Crippen LogP contribution in [0.15, 0.2) is 29.4 Å². The molecule has 1 aliphatic heterocycles. The van der Waals surface area contributed by atoms with Crippen LogP contribution in [-0.4, -0.2) is 19.6 Å². The number of nitrogens with zero attached hydrogens (tertiary/aromatic N) is 1. The van der Waals surface area contributed by atoms with Gasteiger partial charge in [0, 0.05) is 6.54 Å². The van der Waals surface area contributed by atoms with Crippen molar-refractivity contribution in [2.24, 2.45) is 4.99 Å². The molecular formula is C7H11N3. The minimum atomic E-state index is 0.751. The molecule has 0 atom stereocenters. The van der Waals surface area contributed by atoms with E-state index in [9.17, 15) is 0 Å². The van der Waals surface area contributed by atoms with Crippen molar-refractivity contribution in [1.29, 1.82) is 0 Å². The molecule has 0 spiro atoms. The van der Waals surface area contributed by atoms with E-state index >= 15 is 0 Å². The molecule has 0 aromatic carbocycles. The van der Waals surface area contributed by atoms with Crippen LogP contribution in [-0.2, 0) is 0 Å². The van der Waals surface area contributed by atoms with Crippen molar-refractivity contribution in [3.8, 4) is 0 Å². The standard InChI is InChI=1S/C7H11N3/c1-7-3-2-4-8-5-9-6-10-7/h2-3,6,8H,1,4-5H2,(H,9,10)/b3-2-. The number of aliphatic imine (C=N–C) groups is 1. The highest BCUT2D eigenvalue weighted by Gasteiger charge is 1.84. The van der Waals surface area contributed by atoms with Gasteiger partial charge < -0.3 is 5.32 Å². The molecule has 0 aliphatic carbocycles. The van der Waals surface area contributed by atoms with E-state index in [0.717, 1.165) is 18.9 Å². The molecule has 3 nitrogen and oxygen atoms in total. The molecule has 0 aromatic heterocycles. The number of hydrogen-bond acceptors (Lipinski definition) is 3. The van der Waals surface area contributed by atoms with E-state index in [-0.39, 0.29) is 0 Å². The molecular weight excluding hydrogens is 126 g/mol. The van der Waals surface area contributed by atoms with Crippen LogP contribution in [0, 0.1) is 0 Å². The summed E-state index contributed by atoms with van der Waals surface area (Å²) < 4.78 is 0. The van der Waals surface area contributed by atoms with Crippen LogP contribution < -0.4 is 10.6 Å². The van der Waals surface area contributed by atoms with Crippen LogP contribution in [0.3, 0.4) is 0 Å². The maximum atomic E-state index is 3.99. The van der Waals surface area contributed by atoms with Crippen molar-refractivity contribution in [3.05, 3.63) is 24.4 Å². The number of nitrogens with one attached hydrogen (secondary N) is 2. The largest absolute Gasteiger partial charge is 0.364 e. The molecule has 0 bridgehead atoms. The maximum absolute atomic E-state index is 3.99. The summed E-state index contributed by atoms with van der Waals surface area (Å²) in [6.07, 6.45) is 5.52. The van der Waals surface area contributed by atoms with Gasteiger partial charge in [-0.05, 0) is 6.08 Å². The van der Waals surface area contributed by atoms with Crippen molar-refractivity contribution in [2.75, 3.05) is 13.2 Å². The summed E-state index contributed by atoms with van der Waals surface area (Å²) in [7, 11) is 0. The number of hydrogen-bond donors (Lipinski definition) is 2. The molecule has 0 radical (unpaired) electrons. The zero-order chi connectivity index (χ0) is 7.23. The Morgan fingerprint density at radius 1 is 1.60 bits per heavy atom. The lowest BCUT2D eigenvalue weighted by Crippen LogP contribution is -2.27. The predicted octanol–water partition coefficient (Wildman–Crippen LogP) is 0.235. The molecule has 1 aliphatic rings. The molecule has 3 heteroatoms. The Morgan fingerprint density at radius 2 is 2.50 bits per heavy atom. The van der Waals surface area contributed by atoms with Crippen molar-refractivity contribution in [2.45, 2.75) is 0 Å². The molecule has 0 unspecified atom stereocenters. The molecule has 54 valence electrons. The molecule has 2 N–H and O–H groups in total. The lowest BCUT2D eigenvalue weighted by Gasteiger charge is -1.97. The first-order valence-electron chi connectivity index (χ1n) is 3.21. The van der Waals surface area contributed by atoms with Gasteiger partial charge in [0.2, 0.25) is 0 Å². The predicted molar refractivity (Wildman–Crippen MR) is 42.8 cm³/mol. The highest BCUT2D eigenvalue weighted by Crippen LogP contribution is 1.92. The van der Waals surface area contributed by atoms with Crippen molar-refractivity contribution in [3.63, 3.8) is 0 Å². The Hall–Kier alpha value is -1.09. The van der Waals surface area contributed by atoms with E-state index in [1.54, 1.807) is 6.34 Å². The highest BCUT2D eigenvalue weighted by atomic mass is 15.1. The van der Waals surface area contributed by atoms with Crippen LogP contribution in [0.4, 0.5) is 0 Å². The second-order valence-corrected chi connectivity index (χ2v) is 1.99. The van der Waals surface area contributed by atoms with Gasteiger partial charge in [-0.3, -0.25) is 5.32 Å².